The van der Waals surface area contributed by atoms with Crippen LogP contribution >= 0.6 is 23.4 Å². The van der Waals surface area contributed by atoms with E-state index in [0.717, 1.165) is 5.56 Å². The van der Waals surface area contributed by atoms with Gasteiger partial charge in [-0.05, 0) is 19.1 Å². The van der Waals surface area contributed by atoms with Gasteiger partial charge in [-0.25, -0.2) is 4.79 Å². The van der Waals surface area contributed by atoms with Crippen LogP contribution < -0.4 is 10.6 Å². The number of hydrogen-bond donors (Lipinski definition) is 2. The van der Waals surface area contributed by atoms with Crippen LogP contribution in [0.25, 0.3) is 11.4 Å². The molecule has 0 unspecified atom stereocenters. The zero-order valence-electron chi connectivity index (χ0n) is 12.8. The first-order valence-electron chi connectivity index (χ1n) is 6.77. The number of urea groups is 1. The summed E-state index contributed by atoms with van der Waals surface area (Å²) in [6, 6.07) is 6.78. The van der Waals surface area contributed by atoms with Crippen molar-refractivity contribution in [3.05, 3.63) is 29.3 Å². The van der Waals surface area contributed by atoms with Crippen molar-refractivity contribution >= 4 is 35.3 Å². The first-order chi connectivity index (χ1) is 10.9. The van der Waals surface area contributed by atoms with Crippen LogP contribution in [-0.2, 0) is 11.8 Å². The Bertz CT molecular complexity index is 734. The van der Waals surface area contributed by atoms with Crippen LogP contribution in [0.5, 0.6) is 0 Å². The fraction of sp³-hybridized carbons (Fsp3) is 0.286. The molecular formula is C14H16ClN5O2S. The number of rotatable bonds is 4. The fourth-order valence-corrected chi connectivity index (χ4v) is 2.82. The van der Waals surface area contributed by atoms with Crippen LogP contribution in [0.15, 0.2) is 29.4 Å². The van der Waals surface area contributed by atoms with E-state index in [1.54, 1.807) is 24.6 Å². The highest BCUT2D eigenvalue weighted by Crippen LogP contribution is 2.29. The summed E-state index contributed by atoms with van der Waals surface area (Å²) < 4.78 is 1.76. The highest BCUT2D eigenvalue weighted by molar-refractivity contribution is 8.00. The number of carbonyl (C=O) groups is 2. The third-order valence-corrected chi connectivity index (χ3v) is 4.53. The van der Waals surface area contributed by atoms with Crippen molar-refractivity contribution in [2.45, 2.75) is 17.3 Å². The fourth-order valence-electron chi connectivity index (χ4n) is 1.78. The third-order valence-electron chi connectivity index (χ3n) is 3.06. The van der Waals surface area contributed by atoms with Crippen molar-refractivity contribution in [2.75, 3.05) is 7.05 Å². The molecule has 1 atom stereocenters. The van der Waals surface area contributed by atoms with E-state index in [9.17, 15) is 9.59 Å². The molecule has 0 radical (unpaired) electrons. The number of thioether (sulfide) groups is 1. The predicted molar refractivity (Wildman–Crippen MR) is 89.4 cm³/mol. The van der Waals surface area contributed by atoms with Gasteiger partial charge in [-0.2, -0.15) is 0 Å². The molecule has 2 rings (SSSR count). The molecular weight excluding hydrogens is 338 g/mol. The highest BCUT2D eigenvalue weighted by Gasteiger charge is 2.21. The first-order valence-corrected chi connectivity index (χ1v) is 8.03. The van der Waals surface area contributed by atoms with E-state index in [0.29, 0.717) is 16.0 Å². The standard InChI is InChI=1S/C14H16ClN5O2S/c1-8(12(21)17-13(22)16-2)23-14-19-18-11(20(14)3)9-6-4-5-7-10(9)15/h4-8H,1-3H3,(H2,16,17,21,22)/t8-/m1/s1. The molecule has 0 bridgehead atoms. The van der Waals surface area contributed by atoms with Crippen LogP contribution in [0.4, 0.5) is 4.79 Å². The summed E-state index contributed by atoms with van der Waals surface area (Å²) in [6.45, 7) is 1.69. The van der Waals surface area contributed by atoms with Gasteiger partial charge in [0.1, 0.15) is 0 Å². The van der Waals surface area contributed by atoms with Crippen molar-refractivity contribution in [1.82, 2.24) is 25.4 Å². The van der Waals surface area contributed by atoms with Gasteiger partial charge in [0, 0.05) is 19.7 Å². The van der Waals surface area contributed by atoms with Gasteiger partial charge in [-0.3, -0.25) is 10.1 Å². The molecule has 3 amide bonds. The number of nitrogens with one attached hydrogen (secondary N) is 2. The summed E-state index contributed by atoms with van der Waals surface area (Å²) in [5.41, 5.74) is 0.762. The second kappa shape index (κ2) is 7.47. The van der Waals surface area contributed by atoms with Crippen molar-refractivity contribution in [2.24, 2.45) is 7.05 Å². The summed E-state index contributed by atoms with van der Waals surface area (Å²) in [5.74, 6) is 0.202. The first kappa shape index (κ1) is 17.3. The Morgan fingerprint density at radius 1 is 1.30 bits per heavy atom. The van der Waals surface area contributed by atoms with Gasteiger partial charge in [0.05, 0.1) is 10.3 Å². The number of aromatic nitrogens is 3. The molecule has 0 aliphatic carbocycles. The number of hydrogen-bond acceptors (Lipinski definition) is 5. The quantitative estimate of drug-likeness (QED) is 0.821. The minimum atomic E-state index is -0.544. The molecule has 1 aromatic carbocycles. The van der Waals surface area contributed by atoms with Gasteiger partial charge in [-0.1, -0.05) is 35.5 Å². The third kappa shape index (κ3) is 4.02. The minimum Gasteiger partial charge on any atom is -0.341 e. The Morgan fingerprint density at radius 3 is 2.65 bits per heavy atom. The lowest BCUT2D eigenvalue weighted by atomic mass is 10.2. The average Bonchev–Trinajstić information content (AvgIpc) is 2.88. The number of carbonyl (C=O) groups excluding carboxylic acids is 2. The molecule has 1 aromatic heterocycles. The zero-order chi connectivity index (χ0) is 17.0. The maximum atomic E-state index is 11.9. The summed E-state index contributed by atoms with van der Waals surface area (Å²) in [6.07, 6.45) is 0. The minimum absolute atomic E-state index is 0.406. The number of nitrogens with zero attached hydrogens (tertiary/aromatic N) is 3. The lowest BCUT2D eigenvalue weighted by Crippen LogP contribution is -2.41. The van der Waals surface area contributed by atoms with Gasteiger partial charge >= 0.3 is 6.03 Å². The van der Waals surface area contributed by atoms with Crippen molar-refractivity contribution in [3.8, 4) is 11.4 Å². The van der Waals surface area contributed by atoms with Gasteiger partial charge in [0.25, 0.3) is 0 Å². The number of halogens is 1. The van der Waals surface area contributed by atoms with E-state index in [4.69, 9.17) is 11.6 Å². The van der Waals surface area contributed by atoms with Crippen LogP contribution in [0.3, 0.4) is 0 Å². The molecule has 0 spiro atoms. The van der Waals surface area contributed by atoms with Gasteiger partial charge < -0.3 is 9.88 Å². The van der Waals surface area contributed by atoms with Crippen molar-refractivity contribution < 1.29 is 9.59 Å². The normalized spacial score (nSPS) is 11.8. The van der Waals surface area contributed by atoms with Gasteiger partial charge in [0.15, 0.2) is 11.0 Å². The lowest BCUT2D eigenvalue weighted by Gasteiger charge is -2.10. The van der Waals surface area contributed by atoms with E-state index in [-0.39, 0.29) is 0 Å². The summed E-state index contributed by atoms with van der Waals surface area (Å²) in [4.78, 5) is 23.1. The zero-order valence-corrected chi connectivity index (χ0v) is 14.4. The number of imide groups is 1. The molecule has 122 valence electrons. The van der Waals surface area contributed by atoms with E-state index in [2.05, 4.69) is 20.8 Å². The molecule has 0 fully saturated rings. The molecule has 7 nitrogen and oxygen atoms in total. The summed E-state index contributed by atoms with van der Waals surface area (Å²) in [7, 11) is 3.24. The largest absolute Gasteiger partial charge is 0.341 e. The lowest BCUT2D eigenvalue weighted by molar-refractivity contribution is -0.119. The van der Waals surface area contributed by atoms with E-state index in [1.807, 2.05) is 18.2 Å². The SMILES string of the molecule is CNC(=O)NC(=O)[C@@H](C)Sc1nnc(-c2ccccc2Cl)n1C. The van der Waals surface area contributed by atoms with E-state index in [1.165, 1.54) is 18.8 Å². The average molecular weight is 354 g/mol. The molecule has 0 saturated carbocycles. The Kier molecular flexibility index (Phi) is 5.62. The second-order valence-electron chi connectivity index (χ2n) is 4.67. The van der Waals surface area contributed by atoms with E-state index < -0.39 is 17.2 Å². The topological polar surface area (TPSA) is 88.9 Å². The molecule has 0 aliphatic rings. The Balaban J connectivity index is 2.15. The van der Waals surface area contributed by atoms with Gasteiger partial charge in [-0.15, -0.1) is 10.2 Å². The second-order valence-corrected chi connectivity index (χ2v) is 6.39. The van der Waals surface area contributed by atoms with Crippen LogP contribution in [0.1, 0.15) is 6.92 Å². The van der Waals surface area contributed by atoms with Crippen molar-refractivity contribution in [3.63, 3.8) is 0 Å². The van der Waals surface area contributed by atoms with Gasteiger partial charge in [0.2, 0.25) is 5.91 Å². The molecule has 9 heteroatoms. The van der Waals surface area contributed by atoms with Crippen molar-refractivity contribution in [1.29, 1.82) is 0 Å². The number of benzene rings is 1. The number of amides is 3. The van der Waals surface area contributed by atoms with Crippen LogP contribution in [-0.4, -0.2) is 39.0 Å². The smallest absolute Gasteiger partial charge is 0.321 e. The maximum Gasteiger partial charge on any atom is 0.321 e. The molecule has 2 aromatic rings. The molecule has 1 heterocycles. The molecule has 0 saturated heterocycles. The Morgan fingerprint density at radius 2 is 2.00 bits per heavy atom. The highest BCUT2D eigenvalue weighted by atomic mass is 35.5. The summed E-state index contributed by atoms with van der Waals surface area (Å²) in [5, 5.41) is 13.4. The molecule has 23 heavy (non-hydrogen) atoms. The Labute approximate surface area is 142 Å². The maximum absolute atomic E-state index is 11.9. The summed E-state index contributed by atoms with van der Waals surface area (Å²) >= 11 is 7.38. The van der Waals surface area contributed by atoms with E-state index >= 15 is 0 Å². The molecule has 2 N–H and O–H groups in total. The monoisotopic (exact) mass is 353 g/mol. The predicted octanol–water partition coefficient (Wildman–Crippen LogP) is 2.07. The Hall–Kier alpha value is -2.06. The van der Waals surface area contributed by atoms with Crippen LogP contribution in [0, 0.1) is 0 Å². The van der Waals surface area contributed by atoms with Crippen LogP contribution in [0.2, 0.25) is 5.02 Å². The molecule has 0 aliphatic heterocycles.